The first-order chi connectivity index (χ1) is 9.17. The van der Waals surface area contributed by atoms with Gasteiger partial charge in [-0.05, 0) is 38.5 Å². The highest BCUT2D eigenvalue weighted by atomic mass is 15.1. The molecule has 2 N–H and O–H groups in total. The van der Waals surface area contributed by atoms with E-state index in [1.165, 1.54) is 25.7 Å². The van der Waals surface area contributed by atoms with Gasteiger partial charge < -0.3 is 10.6 Å². The van der Waals surface area contributed by atoms with E-state index in [0.29, 0.717) is 0 Å². The van der Waals surface area contributed by atoms with Crippen molar-refractivity contribution in [3.05, 3.63) is 11.8 Å². The predicted octanol–water partition coefficient (Wildman–Crippen LogP) is 3.46. The molecule has 2 rings (SSSR count). The number of nitrogens with zero attached hydrogens (tertiary/aromatic N) is 2. The molecule has 1 fully saturated rings. The molecule has 0 radical (unpaired) electrons. The monoisotopic (exact) mass is 262 g/mol. The van der Waals surface area contributed by atoms with Crippen LogP contribution in [0.25, 0.3) is 0 Å². The van der Waals surface area contributed by atoms with Gasteiger partial charge >= 0.3 is 0 Å². The lowest BCUT2D eigenvalue weighted by molar-refractivity contribution is 0.293. The van der Waals surface area contributed by atoms with Gasteiger partial charge in [0, 0.05) is 24.8 Å². The van der Waals surface area contributed by atoms with Crippen molar-refractivity contribution in [2.45, 2.75) is 46.5 Å². The van der Waals surface area contributed by atoms with Crippen LogP contribution in [0.4, 0.5) is 11.8 Å². The molecule has 2 unspecified atom stereocenters. The summed E-state index contributed by atoms with van der Waals surface area (Å²) in [6, 6.07) is 2.02. The summed E-state index contributed by atoms with van der Waals surface area (Å²) in [5.41, 5.74) is 1.01. The topological polar surface area (TPSA) is 49.8 Å². The molecule has 0 amide bonds. The number of rotatable bonds is 5. The Bertz CT molecular complexity index is 405. The van der Waals surface area contributed by atoms with Crippen LogP contribution in [0.3, 0.4) is 0 Å². The summed E-state index contributed by atoms with van der Waals surface area (Å²) in [4.78, 5) is 8.86. The van der Waals surface area contributed by atoms with Crippen LogP contribution in [0.2, 0.25) is 0 Å². The van der Waals surface area contributed by atoms with E-state index in [0.717, 1.165) is 42.4 Å². The summed E-state index contributed by atoms with van der Waals surface area (Å²) in [6.45, 7) is 8.32. The molecule has 0 aliphatic heterocycles. The molecular formula is C15H26N4. The normalized spacial score (nSPS) is 23.1. The SMILES string of the molecule is CCNc1nc(C)cc(NCC2CCCC(C)C2)n1. The largest absolute Gasteiger partial charge is 0.370 e. The maximum atomic E-state index is 4.49. The van der Waals surface area contributed by atoms with E-state index in [9.17, 15) is 0 Å². The lowest BCUT2D eigenvalue weighted by Gasteiger charge is -2.27. The van der Waals surface area contributed by atoms with E-state index in [2.05, 4.69) is 34.4 Å². The number of aromatic nitrogens is 2. The highest BCUT2D eigenvalue weighted by Gasteiger charge is 2.18. The summed E-state index contributed by atoms with van der Waals surface area (Å²) in [7, 11) is 0. The lowest BCUT2D eigenvalue weighted by atomic mass is 9.82. The molecular weight excluding hydrogens is 236 g/mol. The summed E-state index contributed by atoms with van der Waals surface area (Å²) >= 11 is 0. The summed E-state index contributed by atoms with van der Waals surface area (Å²) in [6.07, 6.45) is 5.46. The standard InChI is InChI=1S/C15H26N4/c1-4-16-15-18-12(3)9-14(19-15)17-10-13-7-5-6-11(2)8-13/h9,11,13H,4-8,10H2,1-3H3,(H2,16,17,18,19). The average molecular weight is 262 g/mol. The van der Waals surface area contributed by atoms with E-state index >= 15 is 0 Å². The fourth-order valence-electron chi connectivity index (χ4n) is 2.89. The Kier molecular flexibility index (Phi) is 5.00. The lowest BCUT2D eigenvalue weighted by Crippen LogP contribution is -2.21. The molecule has 1 aromatic heterocycles. The quantitative estimate of drug-likeness (QED) is 0.853. The number of anilines is 2. The van der Waals surface area contributed by atoms with Crippen molar-refractivity contribution in [1.29, 1.82) is 0 Å². The third kappa shape index (κ3) is 4.37. The van der Waals surface area contributed by atoms with Gasteiger partial charge in [-0.3, -0.25) is 0 Å². The molecule has 0 saturated heterocycles. The number of hydrogen-bond acceptors (Lipinski definition) is 4. The van der Waals surface area contributed by atoms with Gasteiger partial charge in [0.25, 0.3) is 0 Å². The molecule has 1 aliphatic carbocycles. The first-order valence-electron chi connectivity index (χ1n) is 7.50. The molecule has 0 aromatic carbocycles. The minimum absolute atomic E-state index is 0.724. The highest BCUT2D eigenvalue weighted by Crippen LogP contribution is 2.28. The fraction of sp³-hybridized carbons (Fsp3) is 0.733. The molecule has 1 saturated carbocycles. The Morgan fingerprint density at radius 3 is 2.84 bits per heavy atom. The molecule has 0 bridgehead atoms. The highest BCUT2D eigenvalue weighted by molar-refractivity contribution is 5.42. The van der Waals surface area contributed by atoms with Gasteiger partial charge in [0.15, 0.2) is 0 Å². The Labute approximate surface area is 116 Å². The number of aryl methyl sites for hydroxylation is 1. The van der Waals surface area contributed by atoms with Gasteiger partial charge in [-0.25, -0.2) is 4.98 Å². The first-order valence-corrected chi connectivity index (χ1v) is 7.50. The fourth-order valence-corrected chi connectivity index (χ4v) is 2.89. The molecule has 106 valence electrons. The summed E-state index contributed by atoms with van der Waals surface area (Å²) in [5.74, 6) is 3.34. The minimum atomic E-state index is 0.724. The van der Waals surface area contributed by atoms with Crippen LogP contribution < -0.4 is 10.6 Å². The molecule has 19 heavy (non-hydrogen) atoms. The van der Waals surface area contributed by atoms with Crippen LogP contribution in [0, 0.1) is 18.8 Å². The Balaban J connectivity index is 1.91. The third-order valence-electron chi connectivity index (χ3n) is 3.81. The van der Waals surface area contributed by atoms with Crippen molar-refractivity contribution >= 4 is 11.8 Å². The second kappa shape index (κ2) is 6.73. The van der Waals surface area contributed by atoms with Gasteiger partial charge in [0.1, 0.15) is 5.82 Å². The van der Waals surface area contributed by atoms with E-state index in [-0.39, 0.29) is 0 Å². The van der Waals surface area contributed by atoms with Crippen LogP contribution in [0.1, 0.15) is 45.2 Å². The zero-order valence-corrected chi connectivity index (χ0v) is 12.4. The van der Waals surface area contributed by atoms with Crippen molar-refractivity contribution in [1.82, 2.24) is 9.97 Å². The second-order valence-electron chi connectivity index (χ2n) is 5.77. The van der Waals surface area contributed by atoms with Gasteiger partial charge in [-0.2, -0.15) is 4.98 Å². The van der Waals surface area contributed by atoms with Gasteiger partial charge in [-0.15, -0.1) is 0 Å². The van der Waals surface area contributed by atoms with E-state index < -0.39 is 0 Å². The van der Waals surface area contributed by atoms with Crippen LogP contribution >= 0.6 is 0 Å². The zero-order valence-electron chi connectivity index (χ0n) is 12.4. The van der Waals surface area contributed by atoms with Crippen molar-refractivity contribution in [3.8, 4) is 0 Å². The van der Waals surface area contributed by atoms with Crippen LogP contribution in [0.15, 0.2) is 6.07 Å². The Morgan fingerprint density at radius 1 is 1.26 bits per heavy atom. The van der Waals surface area contributed by atoms with Crippen LogP contribution in [-0.4, -0.2) is 23.1 Å². The minimum Gasteiger partial charge on any atom is -0.370 e. The number of nitrogens with one attached hydrogen (secondary N) is 2. The summed E-state index contributed by atoms with van der Waals surface area (Å²) < 4.78 is 0. The van der Waals surface area contributed by atoms with Crippen molar-refractivity contribution in [3.63, 3.8) is 0 Å². The Hall–Kier alpha value is -1.32. The van der Waals surface area contributed by atoms with Crippen molar-refractivity contribution in [2.24, 2.45) is 11.8 Å². The maximum Gasteiger partial charge on any atom is 0.224 e. The van der Waals surface area contributed by atoms with Gasteiger partial charge in [-0.1, -0.05) is 19.8 Å². The van der Waals surface area contributed by atoms with E-state index in [1.54, 1.807) is 0 Å². The van der Waals surface area contributed by atoms with Gasteiger partial charge in [0.05, 0.1) is 0 Å². The molecule has 1 heterocycles. The second-order valence-corrected chi connectivity index (χ2v) is 5.77. The molecule has 4 heteroatoms. The molecule has 0 spiro atoms. The maximum absolute atomic E-state index is 4.49. The Morgan fingerprint density at radius 2 is 2.11 bits per heavy atom. The number of hydrogen-bond donors (Lipinski definition) is 2. The smallest absolute Gasteiger partial charge is 0.224 e. The molecule has 2 atom stereocenters. The van der Waals surface area contributed by atoms with Crippen molar-refractivity contribution in [2.75, 3.05) is 23.7 Å². The molecule has 4 nitrogen and oxygen atoms in total. The zero-order chi connectivity index (χ0) is 13.7. The third-order valence-corrected chi connectivity index (χ3v) is 3.81. The molecule has 1 aliphatic rings. The summed E-state index contributed by atoms with van der Waals surface area (Å²) in [5, 5.41) is 6.65. The van der Waals surface area contributed by atoms with Crippen LogP contribution in [0.5, 0.6) is 0 Å². The van der Waals surface area contributed by atoms with E-state index in [4.69, 9.17) is 0 Å². The first kappa shape index (κ1) is 14.1. The molecule has 1 aromatic rings. The average Bonchev–Trinajstić information content (AvgIpc) is 2.36. The predicted molar refractivity (Wildman–Crippen MR) is 80.5 cm³/mol. The van der Waals surface area contributed by atoms with Crippen molar-refractivity contribution < 1.29 is 0 Å². The van der Waals surface area contributed by atoms with E-state index in [1.807, 2.05) is 13.0 Å². The van der Waals surface area contributed by atoms with Gasteiger partial charge in [0.2, 0.25) is 5.95 Å². The van der Waals surface area contributed by atoms with Crippen LogP contribution in [-0.2, 0) is 0 Å².